The molecule has 0 aliphatic carbocycles. The Morgan fingerprint density at radius 3 is 2.71 bits per heavy atom. The molecule has 24 heavy (non-hydrogen) atoms. The number of hydrogen-bond donors (Lipinski definition) is 1. The topological polar surface area (TPSA) is 56.8 Å². The van der Waals surface area contributed by atoms with Crippen LogP contribution in [-0.2, 0) is 4.79 Å². The number of rotatable bonds is 5. The lowest BCUT2D eigenvalue weighted by Crippen LogP contribution is -2.17. The minimum Gasteiger partial charge on any atom is -0.493 e. The van der Waals surface area contributed by atoms with E-state index in [0.29, 0.717) is 37.0 Å². The van der Waals surface area contributed by atoms with Crippen molar-refractivity contribution in [3.63, 3.8) is 0 Å². The standard InChI is InChI=1S/C19H21NO4/c1-13-3-4-14(2)17(11-13)22-8-7-19(21)20-15-5-6-16-18(12-15)24-10-9-23-16/h3-6,11-12H,7-10H2,1-2H3,(H,20,21). The second kappa shape index (κ2) is 7.25. The van der Waals surface area contributed by atoms with Gasteiger partial charge < -0.3 is 19.5 Å². The number of amides is 1. The van der Waals surface area contributed by atoms with Crippen molar-refractivity contribution in [2.75, 3.05) is 25.1 Å². The van der Waals surface area contributed by atoms with E-state index in [9.17, 15) is 4.79 Å². The zero-order chi connectivity index (χ0) is 16.9. The number of fused-ring (bicyclic) bond motifs is 1. The van der Waals surface area contributed by atoms with E-state index in [-0.39, 0.29) is 12.3 Å². The second-order valence-corrected chi connectivity index (χ2v) is 5.77. The van der Waals surface area contributed by atoms with E-state index < -0.39 is 0 Å². The Kier molecular flexibility index (Phi) is 4.89. The van der Waals surface area contributed by atoms with Crippen LogP contribution in [0.1, 0.15) is 17.5 Å². The van der Waals surface area contributed by atoms with E-state index in [1.165, 1.54) is 0 Å². The van der Waals surface area contributed by atoms with Crippen molar-refractivity contribution >= 4 is 11.6 Å². The van der Waals surface area contributed by atoms with Crippen LogP contribution in [0.5, 0.6) is 17.2 Å². The maximum absolute atomic E-state index is 12.1. The molecule has 0 fully saturated rings. The molecule has 0 spiro atoms. The molecule has 2 aromatic carbocycles. The van der Waals surface area contributed by atoms with Crippen molar-refractivity contribution in [3.8, 4) is 17.2 Å². The first-order valence-electron chi connectivity index (χ1n) is 8.01. The average molecular weight is 327 g/mol. The van der Waals surface area contributed by atoms with Gasteiger partial charge in [0.25, 0.3) is 0 Å². The lowest BCUT2D eigenvalue weighted by Gasteiger charge is -2.19. The monoisotopic (exact) mass is 327 g/mol. The van der Waals surface area contributed by atoms with Gasteiger partial charge in [0, 0.05) is 11.8 Å². The number of hydrogen-bond acceptors (Lipinski definition) is 4. The number of nitrogens with one attached hydrogen (secondary N) is 1. The normalized spacial score (nSPS) is 12.6. The van der Waals surface area contributed by atoms with Crippen LogP contribution in [0.3, 0.4) is 0 Å². The van der Waals surface area contributed by atoms with Crippen LogP contribution >= 0.6 is 0 Å². The van der Waals surface area contributed by atoms with Crippen molar-refractivity contribution in [2.45, 2.75) is 20.3 Å². The summed E-state index contributed by atoms with van der Waals surface area (Å²) < 4.78 is 16.7. The van der Waals surface area contributed by atoms with Gasteiger partial charge in [-0.2, -0.15) is 0 Å². The molecule has 1 aliphatic heterocycles. The molecule has 3 rings (SSSR count). The van der Waals surface area contributed by atoms with E-state index in [4.69, 9.17) is 14.2 Å². The van der Waals surface area contributed by atoms with Gasteiger partial charge in [0.2, 0.25) is 5.91 Å². The predicted molar refractivity (Wildman–Crippen MR) is 92.1 cm³/mol. The van der Waals surface area contributed by atoms with Crippen LogP contribution in [0, 0.1) is 13.8 Å². The summed E-state index contributed by atoms with van der Waals surface area (Å²) >= 11 is 0. The Morgan fingerprint density at radius 1 is 1.08 bits per heavy atom. The van der Waals surface area contributed by atoms with Crippen molar-refractivity contribution in [1.29, 1.82) is 0 Å². The molecule has 1 amide bonds. The summed E-state index contributed by atoms with van der Waals surface area (Å²) in [5.74, 6) is 2.09. The third-order valence-electron chi connectivity index (χ3n) is 3.76. The Balaban J connectivity index is 1.51. The molecule has 0 aromatic heterocycles. The quantitative estimate of drug-likeness (QED) is 0.913. The number of aryl methyl sites for hydroxylation is 2. The van der Waals surface area contributed by atoms with Crippen molar-refractivity contribution < 1.29 is 19.0 Å². The molecule has 0 saturated carbocycles. The maximum Gasteiger partial charge on any atom is 0.227 e. The van der Waals surface area contributed by atoms with Crippen molar-refractivity contribution in [3.05, 3.63) is 47.5 Å². The Bertz CT molecular complexity index is 742. The van der Waals surface area contributed by atoms with E-state index >= 15 is 0 Å². The number of ether oxygens (including phenoxy) is 3. The molecule has 1 N–H and O–H groups in total. The molecule has 0 unspecified atom stereocenters. The SMILES string of the molecule is Cc1ccc(C)c(OCCC(=O)Nc2ccc3c(c2)OCCO3)c1. The molecular weight excluding hydrogens is 306 g/mol. The van der Waals surface area contributed by atoms with Gasteiger partial charge in [0.05, 0.1) is 13.0 Å². The number of carbonyl (C=O) groups excluding carboxylic acids is 1. The molecule has 0 bridgehead atoms. The first-order valence-corrected chi connectivity index (χ1v) is 8.01. The molecule has 5 nitrogen and oxygen atoms in total. The highest BCUT2D eigenvalue weighted by Gasteiger charge is 2.13. The molecule has 1 aliphatic rings. The smallest absolute Gasteiger partial charge is 0.227 e. The summed E-state index contributed by atoms with van der Waals surface area (Å²) in [6.07, 6.45) is 0.280. The lowest BCUT2D eigenvalue weighted by molar-refractivity contribution is -0.116. The minimum atomic E-state index is -0.100. The molecular formula is C19H21NO4. The summed E-state index contributed by atoms with van der Waals surface area (Å²) in [4.78, 5) is 12.1. The van der Waals surface area contributed by atoms with Crippen LogP contribution in [-0.4, -0.2) is 25.7 Å². The molecule has 0 radical (unpaired) electrons. The van der Waals surface area contributed by atoms with Crippen LogP contribution in [0.15, 0.2) is 36.4 Å². The van der Waals surface area contributed by atoms with Gasteiger partial charge in [0.15, 0.2) is 11.5 Å². The Hall–Kier alpha value is -2.69. The van der Waals surface area contributed by atoms with Gasteiger partial charge >= 0.3 is 0 Å². The fourth-order valence-corrected chi connectivity index (χ4v) is 2.46. The van der Waals surface area contributed by atoms with E-state index in [0.717, 1.165) is 16.9 Å². The average Bonchev–Trinajstić information content (AvgIpc) is 2.58. The number of carbonyl (C=O) groups is 1. The third kappa shape index (κ3) is 3.98. The predicted octanol–water partition coefficient (Wildman–Crippen LogP) is 3.48. The van der Waals surface area contributed by atoms with Crippen molar-refractivity contribution in [2.24, 2.45) is 0 Å². The third-order valence-corrected chi connectivity index (χ3v) is 3.76. The van der Waals surface area contributed by atoms with Gasteiger partial charge in [-0.15, -0.1) is 0 Å². The highest BCUT2D eigenvalue weighted by Crippen LogP contribution is 2.32. The highest BCUT2D eigenvalue weighted by molar-refractivity contribution is 5.91. The minimum absolute atomic E-state index is 0.100. The summed E-state index contributed by atoms with van der Waals surface area (Å²) in [5, 5.41) is 2.85. The molecule has 5 heteroatoms. The number of benzene rings is 2. The summed E-state index contributed by atoms with van der Waals surface area (Å²) in [5.41, 5.74) is 2.89. The largest absolute Gasteiger partial charge is 0.493 e. The van der Waals surface area contributed by atoms with E-state index in [1.54, 1.807) is 18.2 Å². The zero-order valence-corrected chi connectivity index (χ0v) is 13.9. The van der Waals surface area contributed by atoms with Crippen LogP contribution in [0.2, 0.25) is 0 Å². The van der Waals surface area contributed by atoms with E-state index in [2.05, 4.69) is 5.32 Å². The van der Waals surface area contributed by atoms with Gasteiger partial charge in [-0.05, 0) is 43.2 Å². The Labute approximate surface area is 141 Å². The second-order valence-electron chi connectivity index (χ2n) is 5.77. The lowest BCUT2D eigenvalue weighted by atomic mass is 10.1. The van der Waals surface area contributed by atoms with Gasteiger partial charge in [-0.3, -0.25) is 4.79 Å². The van der Waals surface area contributed by atoms with Gasteiger partial charge in [-0.1, -0.05) is 12.1 Å². The Morgan fingerprint density at radius 2 is 1.88 bits per heavy atom. The number of anilines is 1. The molecule has 1 heterocycles. The highest BCUT2D eigenvalue weighted by atomic mass is 16.6. The fraction of sp³-hybridized carbons (Fsp3) is 0.316. The summed E-state index contributed by atoms with van der Waals surface area (Å²) in [7, 11) is 0. The first-order chi connectivity index (χ1) is 11.6. The van der Waals surface area contributed by atoms with Crippen LogP contribution in [0.4, 0.5) is 5.69 Å². The zero-order valence-electron chi connectivity index (χ0n) is 13.9. The maximum atomic E-state index is 12.1. The molecule has 0 atom stereocenters. The summed E-state index contributed by atoms with van der Waals surface area (Å²) in [6, 6.07) is 11.4. The van der Waals surface area contributed by atoms with Crippen LogP contribution < -0.4 is 19.5 Å². The van der Waals surface area contributed by atoms with E-state index in [1.807, 2.05) is 32.0 Å². The summed E-state index contributed by atoms with van der Waals surface area (Å²) in [6.45, 7) is 5.41. The molecule has 0 saturated heterocycles. The first kappa shape index (κ1) is 16.2. The van der Waals surface area contributed by atoms with Crippen molar-refractivity contribution in [1.82, 2.24) is 0 Å². The molecule has 126 valence electrons. The fourth-order valence-electron chi connectivity index (χ4n) is 2.46. The molecule has 2 aromatic rings. The van der Waals surface area contributed by atoms with Gasteiger partial charge in [-0.25, -0.2) is 0 Å². The van der Waals surface area contributed by atoms with Gasteiger partial charge in [0.1, 0.15) is 19.0 Å². The van der Waals surface area contributed by atoms with Crippen LogP contribution in [0.25, 0.3) is 0 Å².